The molecule has 1 aliphatic heterocycles. The van der Waals surface area contributed by atoms with Gasteiger partial charge in [0, 0.05) is 18.8 Å². The van der Waals surface area contributed by atoms with E-state index in [0.717, 1.165) is 43.5 Å². The maximum Gasteiger partial charge on any atom is 0.363 e. The van der Waals surface area contributed by atoms with E-state index < -0.39 is 17.8 Å². The summed E-state index contributed by atoms with van der Waals surface area (Å²) in [6, 6.07) is 22.1. The molecular formula is C32H34N2O5. The fraction of sp³-hybridized carbons (Fsp3) is 0.344. The Hall–Kier alpha value is -3.97. The second-order valence-electron chi connectivity index (χ2n) is 10.5. The third-order valence-corrected chi connectivity index (χ3v) is 7.46. The first kappa shape index (κ1) is 26.6. The van der Waals surface area contributed by atoms with Crippen LogP contribution in [0.1, 0.15) is 69.8 Å². The van der Waals surface area contributed by atoms with Crippen LogP contribution < -0.4 is 4.74 Å². The fourth-order valence-corrected chi connectivity index (χ4v) is 5.39. The summed E-state index contributed by atoms with van der Waals surface area (Å²) in [5.41, 5.74) is 6.76. The van der Waals surface area contributed by atoms with E-state index in [1.54, 1.807) is 24.3 Å². The third-order valence-electron chi connectivity index (χ3n) is 7.46. The first-order valence-corrected chi connectivity index (χ1v) is 13.5. The standard InChI is InChI=1S/C32H34N2O5/c1-33(2)19-5-8-29-27-7-4-3-6-23(27)13-14-25-20-26(15-16-28(25)29)38-21-22-9-11-24(12-10-22)32(37)39-34-30(35)17-18-31(34)36/h3-4,6-7,9-12,15-16,20,29H,5,8,13-14,17-19,21H2,1-2H3. The van der Waals surface area contributed by atoms with Crippen molar-refractivity contribution in [3.05, 3.63) is 100 Å². The van der Waals surface area contributed by atoms with Crippen LogP contribution in [0.3, 0.4) is 0 Å². The van der Waals surface area contributed by atoms with Crippen molar-refractivity contribution in [2.45, 2.75) is 51.0 Å². The molecule has 3 aromatic rings. The minimum absolute atomic E-state index is 0.0646. The Morgan fingerprint density at radius 1 is 0.872 bits per heavy atom. The van der Waals surface area contributed by atoms with Crippen molar-refractivity contribution >= 4 is 17.8 Å². The summed E-state index contributed by atoms with van der Waals surface area (Å²) < 4.78 is 6.14. The first-order chi connectivity index (χ1) is 18.9. The van der Waals surface area contributed by atoms with Crippen LogP contribution in [0.5, 0.6) is 5.75 Å². The number of carbonyl (C=O) groups is 3. The quantitative estimate of drug-likeness (QED) is 0.363. The van der Waals surface area contributed by atoms with Crippen molar-refractivity contribution < 1.29 is 24.0 Å². The predicted octanol–water partition coefficient (Wildman–Crippen LogP) is 5.06. The lowest BCUT2D eigenvalue weighted by Gasteiger charge is -2.22. The Kier molecular flexibility index (Phi) is 8.07. The normalized spacial score (nSPS) is 16.6. The van der Waals surface area contributed by atoms with E-state index in [1.165, 1.54) is 22.3 Å². The molecule has 0 spiro atoms. The third kappa shape index (κ3) is 6.20. The number of imide groups is 1. The smallest absolute Gasteiger partial charge is 0.363 e. The number of aryl methyl sites for hydroxylation is 2. The van der Waals surface area contributed by atoms with Crippen LogP contribution in [-0.4, -0.2) is 48.4 Å². The van der Waals surface area contributed by atoms with E-state index >= 15 is 0 Å². The van der Waals surface area contributed by atoms with Gasteiger partial charge in [-0.25, -0.2) is 4.79 Å². The molecule has 1 saturated heterocycles. The SMILES string of the molecule is CN(C)CCCC1c2ccccc2CCc2cc(OCc3ccc(C(=O)ON4C(=O)CCC4=O)cc3)ccc21. The molecule has 0 saturated carbocycles. The zero-order valence-corrected chi connectivity index (χ0v) is 22.5. The predicted molar refractivity (Wildman–Crippen MR) is 147 cm³/mol. The van der Waals surface area contributed by atoms with Gasteiger partial charge in [-0.15, -0.1) is 5.06 Å². The molecule has 7 nitrogen and oxygen atoms in total. The molecule has 0 aromatic heterocycles. The zero-order chi connectivity index (χ0) is 27.4. The molecule has 1 fully saturated rings. The van der Waals surface area contributed by atoms with Gasteiger partial charge in [0.2, 0.25) is 0 Å². The lowest BCUT2D eigenvalue weighted by Crippen LogP contribution is -2.32. The Bertz CT molecular complexity index is 1350. The van der Waals surface area contributed by atoms with E-state index in [1.807, 2.05) is 0 Å². The van der Waals surface area contributed by atoms with Gasteiger partial charge in [0.1, 0.15) is 12.4 Å². The maximum absolute atomic E-state index is 12.4. The second-order valence-corrected chi connectivity index (χ2v) is 10.5. The van der Waals surface area contributed by atoms with Crippen LogP contribution in [0.4, 0.5) is 0 Å². The number of fused-ring (bicyclic) bond motifs is 2. The molecule has 3 aromatic carbocycles. The molecule has 1 aliphatic carbocycles. The zero-order valence-electron chi connectivity index (χ0n) is 22.5. The van der Waals surface area contributed by atoms with Gasteiger partial charge in [0.25, 0.3) is 11.8 Å². The van der Waals surface area contributed by atoms with Gasteiger partial charge in [-0.3, -0.25) is 9.59 Å². The average Bonchev–Trinajstić information content (AvgIpc) is 3.16. The number of hydrogen-bond acceptors (Lipinski definition) is 6. The minimum atomic E-state index is -0.738. The highest BCUT2D eigenvalue weighted by Gasteiger charge is 2.33. The lowest BCUT2D eigenvalue weighted by atomic mass is 9.84. The molecule has 1 atom stereocenters. The van der Waals surface area contributed by atoms with E-state index in [-0.39, 0.29) is 18.4 Å². The van der Waals surface area contributed by atoms with Crippen molar-refractivity contribution in [2.75, 3.05) is 20.6 Å². The molecule has 39 heavy (non-hydrogen) atoms. The molecule has 1 heterocycles. The van der Waals surface area contributed by atoms with Crippen LogP contribution >= 0.6 is 0 Å². The number of amides is 2. The molecule has 0 bridgehead atoms. The van der Waals surface area contributed by atoms with Crippen molar-refractivity contribution in [1.29, 1.82) is 0 Å². The number of carbonyl (C=O) groups excluding carboxylic acids is 3. The Balaban J connectivity index is 1.25. The summed E-state index contributed by atoms with van der Waals surface area (Å²) >= 11 is 0. The number of nitrogens with zero attached hydrogens (tertiary/aromatic N) is 2. The Labute approximate surface area is 229 Å². The van der Waals surface area contributed by atoms with Crippen molar-refractivity contribution in [1.82, 2.24) is 9.96 Å². The fourth-order valence-electron chi connectivity index (χ4n) is 5.39. The molecule has 1 unspecified atom stereocenters. The van der Waals surface area contributed by atoms with E-state index in [4.69, 9.17) is 9.57 Å². The monoisotopic (exact) mass is 526 g/mol. The summed E-state index contributed by atoms with van der Waals surface area (Å²) in [4.78, 5) is 43.0. The molecule has 5 rings (SSSR count). The van der Waals surface area contributed by atoms with Crippen molar-refractivity contribution in [2.24, 2.45) is 0 Å². The molecular weight excluding hydrogens is 492 g/mol. The van der Waals surface area contributed by atoms with Gasteiger partial charge in [-0.2, -0.15) is 0 Å². The number of ether oxygens (including phenoxy) is 1. The molecule has 2 aliphatic rings. The van der Waals surface area contributed by atoms with Crippen LogP contribution in [0.15, 0.2) is 66.7 Å². The van der Waals surface area contributed by atoms with Crippen LogP contribution in [-0.2, 0) is 33.9 Å². The molecule has 0 N–H and O–H groups in total. The molecule has 7 heteroatoms. The van der Waals surface area contributed by atoms with Crippen LogP contribution in [0, 0.1) is 0 Å². The van der Waals surface area contributed by atoms with Gasteiger partial charge in [-0.1, -0.05) is 42.5 Å². The summed E-state index contributed by atoms with van der Waals surface area (Å²) in [6.45, 7) is 1.42. The molecule has 202 valence electrons. The van der Waals surface area contributed by atoms with E-state index in [0.29, 0.717) is 17.6 Å². The first-order valence-electron chi connectivity index (χ1n) is 13.5. The topological polar surface area (TPSA) is 76.2 Å². The van der Waals surface area contributed by atoms with Gasteiger partial charge in [0.15, 0.2) is 0 Å². The summed E-state index contributed by atoms with van der Waals surface area (Å²) in [6.07, 6.45) is 4.37. The average molecular weight is 527 g/mol. The molecule has 0 radical (unpaired) electrons. The lowest BCUT2D eigenvalue weighted by molar-refractivity contribution is -0.172. The summed E-state index contributed by atoms with van der Waals surface area (Å²) in [7, 11) is 4.24. The van der Waals surface area contributed by atoms with E-state index in [9.17, 15) is 14.4 Å². The van der Waals surface area contributed by atoms with Crippen LogP contribution in [0.25, 0.3) is 0 Å². The Morgan fingerprint density at radius 3 is 2.31 bits per heavy atom. The van der Waals surface area contributed by atoms with Gasteiger partial charge >= 0.3 is 5.97 Å². The summed E-state index contributed by atoms with van der Waals surface area (Å²) in [5.74, 6) is -0.531. The van der Waals surface area contributed by atoms with Gasteiger partial charge in [-0.05, 0) is 98.4 Å². The molecule has 2 amide bonds. The Morgan fingerprint density at radius 2 is 1.56 bits per heavy atom. The van der Waals surface area contributed by atoms with Gasteiger partial charge < -0.3 is 14.5 Å². The highest BCUT2D eigenvalue weighted by molar-refractivity contribution is 6.02. The number of hydrogen-bond donors (Lipinski definition) is 0. The second kappa shape index (κ2) is 11.8. The highest BCUT2D eigenvalue weighted by Crippen LogP contribution is 2.38. The van der Waals surface area contributed by atoms with E-state index in [2.05, 4.69) is 61.5 Å². The maximum atomic E-state index is 12.4. The highest BCUT2D eigenvalue weighted by atomic mass is 16.7. The van der Waals surface area contributed by atoms with Crippen LogP contribution in [0.2, 0.25) is 0 Å². The van der Waals surface area contributed by atoms with Crippen molar-refractivity contribution in [3.8, 4) is 5.75 Å². The van der Waals surface area contributed by atoms with Gasteiger partial charge in [0.05, 0.1) is 5.56 Å². The number of rotatable bonds is 9. The van der Waals surface area contributed by atoms with Crippen molar-refractivity contribution in [3.63, 3.8) is 0 Å². The number of hydroxylamine groups is 2. The number of benzene rings is 3. The minimum Gasteiger partial charge on any atom is -0.489 e. The largest absolute Gasteiger partial charge is 0.489 e. The summed E-state index contributed by atoms with van der Waals surface area (Å²) in [5, 5.41) is 0.559.